The predicted octanol–water partition coefficient (Wildman–Crippen LogP) is 3.02. The van der Waals surface area contributed by atoms with Crippen molar-refractivity contribution in [2.24, 2.45) is 7.05 Å². The molecule has 1 fully saturated rings. The van der Waals surface area contributed by atoms with Crippen LogP contribution < -0.4 is 5.56 Å². The first-order valence-electron chi connectivity index (χ1n) is 9.39. The average Bonchev–Trinajstić information content (AvgIpc) is 3.43. The minimum Gasteiger partial charge on any atom is -0.339 e. The molecule has 0 bridgehead atoms. The van der Waals surface area contributed by atoms with Crippen molar-refractivity contribution in [1.82, 2.24) is 24.2 Å². The van der Waals surface area contributed by atoms with Gasteiger partial charge in [-0.2, -0.15) is 0 Å². The molecule has 9 heteroatoms. The Bertz CT molecular complexity index is 1350. The molecule has 0 radical (unpaired) electrons. The Labute approximate surface area is 169 Å². The van der Waals surface area contributed by atoms with Gasteiger partial charge in [-0.1, -0.05) is 11.3 Å². The molecule has 4 aromatic rings. The van der Waals surface area contributed by atoms with Gasteiger partial charge in [0.25, 0.3) is 11.5 Å². The van der Waals surface area contributed by atoms with Crippen molar-refractivity contribution in [3.63, 3.8) is 0 Å². The summed E-state index contributed by atoms with van der Waals surface area (Å²) in [6.07, 6.45) is 3.44. The van der Waals surface area contributed by atoms with Gasteiger partial charge in [-0.15, -0.1) is 10.2 Å². The largest absolute Gasteiger partial charge is 0.339 e. The van der Waals surface area contributed by atoms with Crippen LogP contribution in [0.2, 0.25) is 0 Å². The van der Waals surface area contributed by atoms with Crippen molar-refractivity contribution in [2.75, 3.05) is 13.1 Å². The van der Waals surface area contributed by atoms with E-state index < -0.39 is 5.82 Å². The van der Waals surface area contributed by atoms with E-state index in [-0.39, 0.29) is 11.5 Å². The van der Waals surface area contributed by atoms with Gasteiger partial charge in [-0.3, -0.25) is 14.2 Å². The zero-order valence-corrected chi connectivity index (χ0v) is 16.8. The summed E-state index contributed by atoms with van der Waals surface area (Å²) in [4.78, 5) is 28.5. The Morgan fingerprint density at radius 3 is 2.66 bits per heavy atom. The molecule has 1 saturated heterocycles. The van der Waals surface area contributed by atoms with Gasteiger partial charge in [0.05, 0.1) is 5.56 Å². The van der Waals surface area contributed by atoms with E-state index in [1.54, 1.807) is 29.5 Å². The zero-order valence-electron chi connectivity index (χ0n) is 16.0. The van der Waals surface area contributed by atoms with Crippen LogP contribution in [0, 0.1) is 12.7 Å². The number of aryl methyl sites for hydroxylation is 2. The van der Waals surface area contributed by atoms with E-state index in [0.29, 0.717) is 45.6 Å². The van der Waals surface area contributed by atoms with E-state index in [1.807, 2.05) is 0 Å². The summed E-state index contributed by atoms with van der Waals surface area (Å²) in [5.74, 6) is -0.562. The summed E-state index contributed by atoms with van der Waals surface area (Å²) in [6, 6.07) is 4.38. The molecule has 0 unspecified atom stereocenters. The normalized spacial score (nSPS) is 14.4. The quantitative estimate of drug-likeness (QED) is 0.508. The van der Waals surface area contributed by atoms with Crippen molar-refractivity contribution in [1.29, 1.82) is 0 Å². The second-order valence-corrected chi connectivity index (χ2v) is 8.43. The third-order valence-electron chi connectivity index (χ3n) is 5.46. The van der Waals surface area contributed by atoms with Gasteiger partial charge >= 0.3 is 0 Å². The topological polar surface area (TPSA) is 73.0 Å². The van der Waals surface area contributed by atoms with Crippen LogP contribution in [0.15, 0.2) is 29.2 Å². The number of pyridine rings is 1. The van der Waals surface area contributed by atoms with Crippen molar-refractivity contribution in [2.45, 2.75) is 19.8 Å². The lowest BCUT2D eigenvalue weighted by Gasteiger charge is -2.17. The standard InChI is InChI=1S/C20H18FN5O2S/c1-11-22-23-20(29-11)26-10-14(18(27)25-7-3-4-8-25)16-13-9-12(21)5-6-15(13)24(2)17(16)19(26)28/h5-6,9-10H,3-4,7-8H2,1-2H3. The monoisotopic (exact) mass is 411 g/mol. The van der Waals surface area contributed by atoms with Crippen LogP contribution in [-0.2, 0) is 7.05 Å². The van der Waals surface area contributed by atoms with E-state index in [9.17, 15) is 14.0 Å². The summed E-state index contributed by atoms with van der Waals surface area (Å²) in [7, 11) is 1.75. The number of nitrogens with zero attached hydrogens (tertiary/aromatic N) is 5. The molecule has 1 aliphatic rings. The van der Waals surface area contributed by atoms with Gasteiger partial charge in [0.15, 0.2) is 0 Å². The van der Waals surface area contributed by atoms with E-state index in [1.165, 1.54) is 34.2 Å². The van der Waals surface area contributed by atoms with Crippen molar-refractivity contribution < 1.29 is 9.18 Å². The Hall–Kier alpha value is -3.07. The fraction of sp³-hybridized carbons (Fsp3) is 0.300. The number of fused-ring (bicyclic) bond motifs is 3. The molecule has 0 N–H and O–H groups in total. The number of hydrogen-bond donors (Lipinski definition) is 0. The Kier molecular flexibility index (Phi) is 4.02. The molecule has 1 aliphatic heterocycles. The summed E-state index contributed by atoms with van der Waals surface area (Å²) >= 11 is 1.28. The molecule has 4 heterocycles. The highest BCUT2D eigenvalue weighted by Gasteiger charge is 2.27. The molecule has 0 spiro atoms. The summed E-state index contributed by atoms with van der Waals surface area (Å²) in [5, 5.41) is 10.3. The molecule has 0 aliphatic carbocycles. The number of benzene rings is 1. The number of carbonyl (C=O) groups is 1. The highest BCUT2D eigenvalue weighted by molar-refractivity contribution is 7.13. The van der Waals surface area contributed by atoms with Gasteiger partial charge in [0, 0.05) is 42.6 Å². The number of carbonyl (C=O) groups excluding carboxylic acids is 1. The smallest absolute Gasteiger partial charge is 0.281 e. The molecule has 1 amide bonds. The van der Waals surface area contributed by atoms with Crippen LogP contribution in [0.1, 0.15) is 28.2 Å². The van der Waals surface area contributed by atoms with Crippen molar-refractivity contribution >= 4 is 39.0 Å². The first-order valence-corrected chi connectivity index (χ1v) is 10.2. The van der Waals surface area contributed by atoms with Crippen LogP contribution in [0.3, 0.4) is 0 Å². The van der Waals surface area contributed by atoms with Crippen LogP contribution in [0.4, 0.5) is 4.39 Å². The maximum atomic E-state index is 14.1. The third-order valence-corrected chi connectivity index (χ3v) is 6.29. The number of hydrogen-bond acceptors (Lipinski definition) is 5. The van der Waals surface area contributed by atoms with Crippen LogP contribution in [-0.4, -0.2) is 43.2 Å². The highest BCUT2D eigenvalue weighted by Crippen LogP contribution is 2.31. The molecule has 3 aromatic heterocycles. The second-order valence-electron chi connectivity index (χ2n) is 7.26. The first kappa shape index (κ1) is 18.0. The summed E-state index contributed by atoms with van der Waals surface area (Å²) in [6.45, 7) is 3.16. The predicted molar refractivity (Wildman–Crippen MR) is 109 cm³/mol. The molecule has 0 saturated carbocycles. The van der Waals surface area contributed by atoms with E-state index in [2.05, 4.69) is 10.2 Å². The zero-order chi connectivity index (χ0) is 20.3. The molecule has 7 nitrogen and oxygen atoms in total. The highest BCUT2D eigenvalue weighted by atomic mass is 32.1. The average molecular weight is 411 g/mol. The number of halogens is 1. The van der Waals surface area contributed by atoms with Crippen molar-refractivity contribution in [3.05, 3.63) is 51.1 Å². The minimum atomic E-state index is -0.409. The summed E-state index contributed by atoms with van der Waals surface area (Å²) in [5.41, 5.74) is 1.11. The lowest BCUT2D eigenvalue weighted by Crippen LogP contribution is -2.30. The molecule has 148 valence electrons. The van der Waals surface area contributed by atoms with Crippen LogP contribution >= 0.6 is 11.3 Å². The Balaban J connectivity index is 1.91. The number of aromatic nitrogens is 4. The summed E-state index contributed by atoms with van der Waals surface area (Å²) < 4.78 is 17.2. The molecule has 1 aromatic carbocycles. The Morgan fingerprint density at radius 2 is 1.97 bits per heavy atom. The van der Waals surface area contributed by atoms with Crippen LogP contribution in [0.5, 0.6) is 0 Å². The van der Waals surface area contributed by atoms with Crippen molar-refractivity contribution in [3.8, 4) is 5.13 Å². The maximum Gasteiger partial charge on any atom is 0.281 e. The van der Waals surface area contributed by atoms with E-state index in [4.69, 9.17) is 0 Å². The first-order chi connectivity index (χ1) is 14.0. The maximum absolute atomic E-state index is 14.1. The van der Waals surface area contributed by atoms with Gasteiger partial charge in [0.2, 0.25) is 5.13 Å². The minimum absolute atomic E-state index is 0.153. The van der Waals surface area contributed by atoms with Gasteiger partial charge in [-0.25, -0.2) is 4.39 Å². The lowest BCUT2D eigenvalue weighted by molar-refractivity contribution is 0.0794. The lowest BCUT2D eigenvalue weighted by atomic mass is 10.1. The number of likely N-dealkylation sites (tertiary alicyclic amines) is 1. The molecular weight excluding hydrogens is 393 g/mol. The molecule has 0 atom stereocenters. The molecule has 5 rings (SSSR count). The third kappa shape index (κ3) is 2.68. The van der Waals surface area contributed by atoms with E-state index in [0.717, 1.165) is 17.8 Å². The van der Waals surface area contributed by atoms with Gasteiger partial charge < -0.3 is 9.47 Å². The van der Waals surface area contributed by atoms with Gasteiger partial charge in [-0.05, 0) is 38.0 Å². The number of amides is 1. The van der Waals surface area contributed by atoms with Crippen LogP contribution in [0.25, 0.3) is 26.9 Å². The fourth-order valence-electron chi connectivity index (χ4n) is 4.08. The van der Waals surface area contributed by atoms with Gasteiger partial charge in [0.1, 0.15) is 16.3 Å². The SMILES string of the molecule is Cc1nnc(-n2cc(C(=O)N3CCCC3)c3c4cc(F)ccc4n(C)c3c2=O)s1. The molecule has 29 heavy (non-hydrogen) atoms. The second kappa shape index (κ2) is 6.48. The molecular formula is C20H18FN5O2S. The number of rotatable bonds is 2. The van der Waals surface area contributed by atoms with E-state index >= 15 is 0 Å². The Morgan fingerprint density at radius 1 is 1.21 bits per heavy atom. The fourth-order valence-corrected chi connectivity index (χ4v) is 4.75.